The number of ether oxygens (including phenoxy) is 1. The molecule has 0 unspecified atom stereocenters. The van der Waals surface area contributed by atoms with Crippen molar-refractivity contribution in [2.45, 2.75) is 32.1 Å². The van der Waals surface area contributed by atoms with Gasteiger partial charge in [0.1, 0.15) is 23.7 Å². The third kappa shape index (κ3) is 5.54. The molecule has 4 rings (SSSR count). The number of aromatic nitrogens is 2. The lowest BCUT2D eigenvalue weighted by atomic mass is 10.1. The van der Waals surface area contributed by atoms with Crippen molar-refractivity contribution in [3.63, 3.8) is 0 Å². The molecule has 3 N–H and O–H groups in total. The fourth-order valence-corrected chi connectivity index (χ4v) is 3.95. The van der Waals surface area contributed by atoms with Crippen molar-refractivity contribution in [2.75, 3.05) is 42.3 Å². The summed E-state index contributed by atoms with van der Waals surface area (Å²) in [5.74, 6) is 1.40. The first-order chi connectivity index (χ1) is 16.0. The first kappa shape index (κ1) is 22.8. The SMILES string of the molecule is CN1CCNC(=O)CCCCCCOc2cc(ccc2Cl)N/C=C2\C(=O)Nc3ncnc1c32. The van der Waals surface area contributed by atoms with Crippen LogP contribution in [0.5, 0.6) is 5.75 Å². The zero-order chi connectivity index (χ0) is 23.2. The Balaban J connectivity index is 1.63. The van der Waals surface area contributed by atoms with E-state index in [1.807, 2.05) is 24.1 Å². The molecule has 174 valence electrons. The van der Waals surface area contributed by atoms with E-state index >= 15 is 0 Å². The van der Waals surface area contributed by atoms with Crippen LogP contribution in [-0.4, -0.2) is 48.5 Å². The second-order valence-corrected chi connectivity index (χ2v) is 8.41. The number of likely N-dealkylation sites (N-methyl/N-ethyl adjacent to an activating group) is 1. The summed E-state index contributed by atoms with van der Waals surface area (Å²) in [7, 11) is 1.87. The summed E-state index contributed by atoms with van der Waals surface area (Å²) < 4.78 is 5.86. The Kier molecular flexibility index (Phi) is 7.29. The van der Waals surface area contributed by atoms with Gasteiger partial charge in [-0.3, -0.25) is 9.59 Å². The van der Waals surface area contributed by atoms with Crippen molar-refractivity contribution in [1.29, 1.82) is 0 Å². The molecule has 0 saturated carbocycles. The van der Waals surface area contributed by atoms with E-state index in [9.17, 15) is 9.59 Å². The minimum atomic E-state index is -0.270. The van der Waals surface area contributed by atoms with Gasteiger partial charge in [0.25, 0.3) is 5.91 Å². The summed E-state index contributed by atoms with van der Waals surface area (Å²) in [6.45, 7) is 1.56. The number of fused-ring (bicyclic) bond motifs is 2. The number of nitrogens with zero attached hydrogens (tertiary/aromatic N) is 3. The van der Waals surface area contributed by atoms with Crippen LogP contribution < -0.4 is 25.6 Å². The van der Waals surface area contributed by atoms with E-state index in [1.54, 1.807) is 12.3 Å². The van der Waals surface area contributed by atoms with E-state index in [2.05, 4.69) is 25.9 Å². The lowest BCUT2D eigenvalue weighted by Crippen LogP contribution is -2.33. The van der Waals surface area contributed by atoms with Crippen molar-refractivity contribution < 1.29 is 14.3 Å². The number of anilines is 3. The zero-order valence-electron chi connectivity index (χ0n) is 18.5. The van der Waals surface area contributed by atoms with Gasteiger partial charge in [0.2, 0.25) is 5.91 Å². The lowest BCUT2D eigenvalue weighted by Gasteiger charge is -2.20. The van der Waals surface area contributed by atoms with Crippen molar-refractivity contribution >= 4 is 46.3 Å². The molecule has 9 nitrogen and oxygen atoms in total. The maximum atomic E-state index is 12.7. The molecule has 0 saturated heterocycles. The van der Waals surface area contributed by atoms with Gasteiger partial charge in [0.15, 0.2) is 0 Å². The van der Waals surface area contributed by atoms with Gasteiger partial charge in [-0.25, -0.2) is 9.97 Å². The maximum absolute atomic E-state index is 12.7. The predicted molar refractivity (Wildman–Crippen MR) is 129 cm³/mol. The number of carbonyl (C=O) groups excluding carboxylic acids is 2. The summed E-state index contributed by atoms with van der Waals surface area (Å²) in [6, 6.07) is 5.39. The molecule has 2 aliphatic rings. The van der Waals surface area contributed by atoms with Crippen LogP contribution in [-0.2, 0) is 9.59 Å². The van der Waals surface area contributed by atoms with E-state index in [-0.39, 0.29) is 11.8 Å². The molecule has 3 heterocycles. The molecule has 2 amide bonds. The Labute approximate surface area is 197 Å². The van der Waals surface area contributed by atoms with Crippen LogP contribution in [0.1, 0.15) is 37.7 Å². The summed E-state index contributed by atoms with van der Waals surface area (Å²) in [5, 5.41) is 9.43. The molecular weight excluding hydrogens is 444 g/mol. The van der Waals surface area contributed by atoms with Crippen molar-refractivity contribution in [2.24, 2.45) is 0 Å². The summed E-state index contributed by atoms with van der Waals surface area (Å²) >= 11 is 6.29. The van der Waals surface area contributed by atoms with Gasteiger partial charge in [-0.15, -0.1) is 0 Å². The van der Waals surface area contributed by atoms with Crippen LogP contribution in [0.15, 0.2) is 30.7 Å². The number of hydrogen-bond acceptors (Lipinski definition) is 7. The normalized spacial score (nSPS) is 19.2. The van der Waals surface area contributed by atoms with Crippen LogP contribution in [0.3, 0.4) is 0 Å². The Bertz CT molecular complexity index is 1070. The van der Waals surface area contributed by atoms with Crippen LogP contribution in [0, 0.1) is 0 Å². The summed E-state index contributed by atoms with van der Waals surface area (Å²) in [6.07, 6.45) is 7.21. The van der Waals surface area contributed by atoms with E-state index in [1.165, 1.54) is 6.33 Å². The standard InChI is InChI=1S/C23H27ClN6O3/c1-30-10-9-25-19(31)6-4-2-3-5-11-33-18-12-15(7-8-17(18)24)26-13-16-20-21(29-23(16)32)27-14-28-22(20)30/h7-8,12-14,26H,2-6,9-11H2,1H3,(H,25,31)(H,27,28,29,32)/b16-13-. The van der Waals surface area contributed by atoms with E-state index in [4.69, 9.17) is 16.3 Å². The number of carbonyl (C=O) groups is 2. The first-order valence-corrected chi connectivity index (χ1v) is 11.4. The number of hydrogen-bond donors (Lipinski definition) is 3. The van der Waals surface area contributed by atoms with Crippen LogP contribution >= 0.6 is 11.6 Å². The predicted octanol–water partition coefficient (Wildman–Crippen LogP) is 3.43. The fraction of sp³-hybridized carbons (Fsp3) is 0.391. The molecule has 2 aromatic rings. The highest BCUT2D eigenvalue weighted by Gasteiger charge is 2.30. The van der Waals surface area contributed by atoms with Gasteiger partial charge < -0.3 is 25.6 Å². The molecule has 10 heteroatoms. The van der Waals surface area contributed by atoms with Crippen molar-refractivity contribution in [3.05, 3.63) is 41.3 Å². The second-order valence-electron chi connectivity index (χ2n) is 8.01. The van der Waals surface area contributed by atoms with Crippen molar-refractivity contribution in [1.82, 2.24) is 15.3 Å². The van der Waals surface area contributed by atoms with E-state index < -0.39 is 0 Å². The fourth-order valence-electron chi connectivity index (χ4n) is 3.77. The molecule has 33 heavy (non-hydrogen) atoms. The maximum Gasteiger partial charge on any atom is 0.259 e. The molecule has 0 aliphatic carbocycles. The van der Waals surface area contributed by atoms with Crippen molar-refractivity contribution in [3.8, 4) is 5.75 Å². The van der Waals surface area contributed by atoms with E-state index in [0.717, 1.165) is 31.4 Å². The Morgan fingerprint density at radius 1 is 1.12 bits per heavy atom. The van der Waals surface area contributed by atoms with Gasteiger partial charge in [0, 0.05) is 44.5 Å². The van der Waals surface area contributed by atoms with Gasteiger partial charge in [-0.1, -0.05) is 24.4 Å². The lowest BCUT2D eigenvalue weighted by molar-refractivity contribution is -0.121. The first-order valence-electron chi connectivity index (χ1n) is 11.1. The molecule has 0 fully saturated rings. The molecular formula is C23H27ClN6O3. The number of amides is 2. The van der Waals surface area contributed by atoms with E-state index in [0.29, 0.717) is 59.7 Å². The highest BCUT2D eigenvalue weighted by molar-refractivity contribution is 6.33. The minimum Gasteiger partial charge on any atom is -0.492 e. The average Bonchev–Trinajstić information content (AvgIpc) is 3.12. The molecule has 0 radical (unpaired) electrons. The smallest absolute Gasteiger partial charge is 0.259 e. The Morgan fingerprint density at radius 2 is 1.97 bits per heavy atom. The van der Waals surface area contributed by atoms with Crippen LogP contribution in [0.2, 0.25) is 5.02 Å². The molecule has 1 aromatic heterocycles. The third-order valence-corrected chi connectivity index (χ3v) is 5.89. The zero-order valence-corrected chi connectivity index (χ0v) is 19.2. The topological polar surface area (TPSA) is 108 Å². The highest BCUT2D eigenvalue weighted by Crippen LogP contribution is 2.36. The highest BCUT2D eigenvalue weighted by atomic mass is 35.5. The molecule has 2 aliphatic heterocycles. The molecule has 0 atom stereocenters. The largest absolute Gasteiger partial charge is 0.492 e. The average molecular weight is 471 g/mol. The van der Waals surface area contributed by atoms with Gasteiger partial charge in [0.05, 0.1) is 22.8 Å². The van der Waals surface area contributed by atoms with Crippen LogP contribution in [0.4, 0.5) is 17.3 Å². The molecule has 1 aromatic carbocycles. The minimum absolute atomic E-state index is 0.0344. The monoisotopic (exact) mass is 470 g/mol. The number of halogens is 1. The molecule has 2 bridgehead atoms. The quantitative estimate of drug-likeness (QED) is 0.541. The third-order valence-electron chi connectivity index (χ3n) is 5.57. The van der Waals surface area contributed by atoms with Gasteiger partial charge >= 0.3 is 0 Å². The van der Waals surface area contributed by atoms with Crippen LogP contribution in [0.25, 0.3) is 5.57 Å². The summed E-state index contributed by atoms with van der Waals surface area (Å²) in [5.41, 5.74) is 1.78. The number of benzene rings is 1. The second kappa shape index (κ2) is 10.5. The Morgan fingerprint density at radius 3 is 2.85 bits per heavy atom. The molecule has 0 spiro atoms. The van der Waals surface area contributed by atoms with Gasteiger partial charge in [-0.2, -0.15) is 0 Å². The number of nitrogens with one attached hydrogen (secondary N) is 3. The summed E-state index contributed by atoms with van der Waals surface area (Å²) in [4.78, 5) is 35.3. The number of rotatable bonds is 0. The van der Waals surface area contributed by atoms with Gasteiger partial charge in [-0.05, 0) is 25.0 Å². The Hall–Kier alpha value is -3.33.